The van der Waals surface area contributed by atoms with Crippen LogP contribution in [0.15, 0.2) is 48.7 Å². The number of rotatable bonds is 6. The van der Waals surface area contributed by atoms with E-state index in [0.29, 0.717) is 11.5 Å². The Labute approximate surface area is 163 Å². The van der Waals surface area contributed by atoms with Crippen molar-refractivity contribution in [2.75, 3.05) is 44.7 Å². The molecule has 7 nitrogen and oxygen atoms in total. The Hall–Kier alpha value is -3.03. The molecule has 1 saturated heterocycles. The highest BCUT2D eigenvalue weighted by Crippen LogP contribution is 2.26. The average molecular weight is 377 g/mol. The molecule has 1 aliphatic heterocycles. The number of hydrogen-bond donors (Lipinski definition) is 2. The molecule has 0 bridgehead atoms. The van der Waals surface area contributed by atoms with Gasteiger partial charge in [-0.1, -0.05) is 24.3 Å². The minimum absolute atomic E-state index is 0.438. The summed E-state index contributed by atoms with van der Waals surface area (Å²) in [6, 6.07) is 13.2. The number of carbonyl (C=O) groups is 1. The fourth-order valence-corrected chi connectivity index (χ4v) is 3.39. The fraction of sp³-hybridized carbons (Fsp3) is 0.286. The van der Waals surface area contributed by atoms with Gasteiger partial charge in [-0.3, -0.25) is 9.69 Å². The van der Waals surface area contributed by atoms with E-state index in [-0.39, 0.29) is 0 Å². The Morgan fingerprint density at radius 3 is 2.82 bits per heavy atom. The predicted octanol–water partition coefficient (Wildman–Crippen LogP) is 2.14. The molecule has 4 rings (SSSR count). The van der Waals surface area contributed by atoms with Gasteiger partial charge >= 0.3 is 0 Å². The van der Waals surface area contributed by atoms with Crippen LogP contribution >= 0.6 is 0 Å². The van der Waals surface area contributed by atoms with Crippen molar-refractivity contribution in [1.82, 2.24) is 14.9 Å². The maximum absolute atomic E-state index is 11.7. The lowest BCUT2D eigenvalue weighted by molar-refractivity contribution is 0.0398. The second-order valence-corrected chi connectivity index (χ2v) is 6.76. The van der Waals surface area contributed by atoms with Crippen LogP contribution in [0.3, 0.4) is 0 Å². The lowest BCUT2D eigenvalue weighted by atomic mass is 9.98. The molecule has 0 unspecified atom stereocenters. The van der Waals surface area contributed by atoms with Crippen LogP contribution in [-0.2, 0) is 4.74 Å². The number of carbonyl (C=O) groups excluding carboxylic acids is 1. The van der Waals surface area contributed by atoms with E-state index in [2.05, 4.69) is 20.2 Å². The van der Waals surface area contributed by atoms with Crippen LogP contribution in [-0.4, -0.2) is 60.2 Å². The van der Waals surface area contributed by atoms with Crippen molar-refractivity contribution in [3.63, 3.8) is 0 Å². The molecule has 144 valence electrons. The summed E-state index contributed by atoms with van der Waals surface area (Å²) in [6.07, 6.45) is 1.80. The SMILES string of the molecule is NC(=O)c1ccccc1-c1ccc2nc(NCCN3CCOCC3)ncc2c1. The zero-order valence-electron chi connectivity index (χ0n) is 15.6. The monoisotopic (exact) mass is 377 g/mol. The summed E-state index contributed by atoms with van der Waals surface area (Å²) in [5.74, 6) is 0.179. The van der Waals surface area contributed by atoms with E-state index in [0.717, 1.165) is 61.4 Å². The van der Waals surface area contributed by atoms with Crippen LogP contribution in [0.2, 0.25) is 0 Å². The summed E-state index contributed by atoms with van der Waals surface area (Å²) in [4.78, 5) is 23.1. The number of anilines is 1. The standard InChI is InChI=1S/C21H23N5O2/c22-20(27)18-4-2-1-3-17(18)15-5-6-19-16(13-15)14-24-21(25-19)23-7-8-26-9-11-28-12-10-26/h1-6,13-14H,7-12H2,(H2,22,27)(H,23,24,25). The van der Waals surface area contributed by atoms with Gasteiger partial charge in [0.2, 0.25) is 11.9 Å². The van der Waals surface area contributed by atoms with Crippen LogP contribution in [0.1, 0.15) is 10.4 Å². The largest absolute Gasteiger partial charge is 0.379 e. The first-order chi connectivity index (χ1) is 13.7. The van der Waals surface area contributed by atoms with E-state index in [1.165, 1.54) is 0 Å². The number of hydrogen-bond acceptors (Lipinski definition) is 6. The predicted molar refractivity (Wildman–Crippen MR) is 109 cm³/mol. The van der Waals surface area contributed by atoms with Gasteiger partial charge in [0.1, 0.15) is 0 Å². The molecule has 0 atom stereocenters. The molecule has 0 aliphatic carbocycles. The molecule has 1 aromatic heterocycles. The number of primary amides is 1. The van der Waals surface area contributed by atoms with Crippen molar-refractivity contribution in [2.45, 2.75) is 0 Å². The summed E-state index contributed by atoms with van der Waals surface area (Å²) in [7, 11) is 0. The fourth-order valence-electron chi connectivity index (χ4n) is 3.39. The average Bonchev–Trinajstić information content (AvgIpc) is 2.74. The van der Waals surface area contributed by atoms with E-state index in [1.807, 2.05) is 36.4 Å². The highest BCUT2D eigenvalue weighted by Gasteiger charge is 2.11. The van der Waals surface area contributed by atoms with Gasteiger partial charge in [0.05, 0.1) is 18.7 Å². The van der Waals surface area contributed by atoms with E-state index in [1.54, 1.807) is 12.3 Å². The second-order valence-electron chi connectivity index (χ2n) is 6.76. The number of amides is 1. The van der Waals surface area contributed by atoms with Gasteiger partial charge < -0.3 is 15.8 Å². The molecule has 1 fully saturated rings. The van der Waals surface area contributed by atoms with Gasteiger partial charge in [0, 0.05) is 43.3 Å². The third-order valence-corrected chi connectivity index (χ3v) is 4.90. The van der Waals surface area contributed by atoms with Crippen LogP contribution in [0.5, 0.6) is 0 Å². The van der Waals surface area contributed by atoms with E-state index < -0.39 is 5.91 Å². The molecule has 2 aromatic carbocycles. The van der Waals surface area contributed by atoms with Crippen molar-refractivity contribution >= 4 is 22.8 Å². The molecule has 3 N–H and O–H groups in total. The number of aromatic nitrogens is 2. The topological polar surface area (TPSA) is 93.4 Å². The molecule has 0 saturated carbocycles. The number of nitrogens with two attached hydrogens (primary N) is 1. The van der Waals surface area contributed by atoms with Crippen LogP contribution in [0.4, 0.5) is 5.95 Å². The van der Waals surface area contributed by atoms with Crippen molar-refractivity contribution < 1.29 is 9.53 Å². The number of ether oxygens (including phenoxy) is 1. The van der Waals surface area contributed by atoms with E-state index >= 15 is 0 Å². The van der Waals surface area contributed by atoms with Crippen molar-refractivity contribution in [3.8, 4) is 11.1 Å². The normalized spacial score (nSPS) is 14.9. The zero-order chi connectivity index (χ0) is 19.3. The minimum atomic E-state index is -0.438. The summed E-state index contributed by atoms with van der Waals surface area (Å²) in [5.41, 5.74) is 8.58. The minimum Gasteiger partial charge on any atom is -0.379 e. The number of morpholine rings is 1. The van der Waals surface area contributed by atoms with Crippen LogP contribution in [0, 0.1) is 0 Å². The number of fused-ring (bicyclic) bond motifs is 1. The maximum atomic E-state index is 11.7. The molecule has 3 aromatic rings. The van der Waals surface area contributed by atoms with Crippen molar-refractivity contribution in [3.05, 3.63) is 54.2 Å². The van der Waals surface area contributed by atoms with Crippen molar-refractivity contribution in [2.24, 2.45) is 5.73 Å². The Balaban J connectivity index is 1.49. The van der Waals surface area contributed by atoms with Gasteiger partial charge in [0.25, 0.3) is 0 Å². The van der Waals surface area contributed by atoms with Gasteiger partial charge in [-0.2, -0.15) is 0 Å². The highest BCUT2D eigenvalue weighted by molar-refractivity contribution is 6.00. The van der Waals surface area contributed by atoms with Crippen LogP contribution in [0.25, 0.3) is 22.0 Å². The number of nitrogens with one attached hydrogen (secondary N) is 1. The molecule has 0 spiro atoms. The van der Waals surface area contributed by atoms with Crippen LogP contribution < -0.4 is 11.1 Å². The summed E-state index contributed by atoms with van der Waals surface area (Å²) < 4.78 is 5.36. The first-order valence-corrected chi connectivity index (χ1v) is 9.41. The molecular weight excluding hydrogens is 354 g/mol. The summed E-state index contributed by atoms with van der Waals surface area (Å²) in [6.45, 7) is 5.26. The number of nitrogens with zero attached hydrogens (tertiary/aromatic N) is 3. The Morgan fingerprint density at radius 2 is 2.00 bits per heavy atom. The molecular formula is C21H23N5O2. The molecule has 0 radical (unpaired) electrons. The molecule has 1 aliphatic rings. The second kappa shape index (κ2) is 8.33. The first-order valence-electron chi connectivity index (χ1n) is 9.41. The third kappa shape index (κ3) is 4.11. The van der Waals surface area contributed by atoms with Gasteiger partial charge in [-0.15, -0.1) is 0 Å². The molecule has 1 amide bonds. The first kappa shape index (κ1) is 18.3. The van der Waals surface area contributed by atoms with Gasteiger partial charge in [0.15, 0.2) is 0 Å². The lowest BCUT2D eigenvalue weighted by Crippen LogP contribution is -2.39. The van der Waals surface area contributed by atoms with Gasteiger partial charge in [-0.25, -0.2) is 9.97 Å². The quantitative estimate of drug-likeness (QED) is 0.684. The molecule has 2 heterocycles. The van der Waals surface area contributed by atoms with Crippen molar-refractivity contribution in [1.29, 1.82) is 0 Å². The summed E-state index contributed by atoms with van der Waals surface area (Å²) >= 11 is 0. The van der Waals surface area contributed by atoms with E-state index in [9.17, 15) is 4.79 Å². The Morgan fingerprint density at radius 1 is 1.18 bits per heavy atom. The van der Waals surface area contributed by atoms with Gasteiger partial charge in [-0.05, 0) is 29.3 Å². The molecule has 7 heteroatoms. The van der Waals surface area contributed by atoms with E-state index in [4.69, 9.17) is 10.5 Å². The lowest BCUT2D eigenvalue weighted by Gasteiger charge is -2.26. The number of benzene rings is 2. The highest BCUT2D eigenvalue weighted by atomic mass is 16.5. The molecule has 28 heavy (non-hydrogen) atoms. The Bertz CT molecular complexity index is 985. The smallest absolute Gasteiger partial charge is 0.249 e. The maximum Gasteiger partial charge on any atom is 0.249 e. The summed E-state index contributed by atoms with van der Waals surface area (Å²) in [5, 5.41) is 4.20. The zero-order valence-corrected chi connectivity index (χ0v) is 15.6. The third-order valence-electron chi connectivity index (χ3n) is 4.90. The Kier molecular flexibility index (Phi) is 5.45.